The molecule has 0 amide bonds. The Morgan fingerprint density at radius 3 is 2.00 bits per heavy atom. The largest absolute Gasteiger partial charge is 0.458 e. The second kappa shape index (κ2) is 6.27. The molecule has 152 valence electrons. The third-order valence-electron chi connectivity index (χ3n) is 6.69. The minimum absolute atomic E-state index is 0.121. The van der Waals surface area contributed by atoms with Crippen LogP contribution < -0.4 is 0 Å². The number of fused-ring (bicyclic) bond motifs is 2. The van der Waals surface area contributed by atoms with Gasteiger partial charge in [0.05, 0.1) is 5.41 Å². The van der Waals surface area contributed by atoms with Crippen molar-refractivity contribution in [1.82, 2.24) is 0 Å². The molecule has 0 saturated heterocycles. The molecular formula is C17H24F6O3. The van der Waals surface area contributed by atoms with Crippen LogP contribution in [0.15, 0.2) is 0 Å². The van der Waals surface area contributed by atoms with Crippen LogP contribution in [0, 0.1) is 29.1 Å². The monoisotopic (exact) mass is 390 g/mol. The van der Waals surface area contributed by atoms with E-state index in [2.05, 4.69) is 0 Å². The standard InChI is InChI=1S/C17H24F6O3/c1-5-12(15(25,16(18,19)20)17(21,22)23)26-13(24)14(4)7-10-6-11(14)9(3)8(10)2/h8-12,25H,5-7H2,1-4H3. The van der Waals surface area contributed by atoms with Crippen molar-refractivity contribution in [3.05, 3.63) is 0 Å². The van der Waals surface area contributed by atoms with Crippen LogP contribution in [0.4, 0.5) is 26.3 Å². The molecule has 0 radical (unpaired) electrons. The van der Waals surface area contributed by atoms with Gasteiger partial charge in [-0.15, -0.1) is 0 Å². The van der Waals surface area contributed by atoms with E-state index in [4.69, 9.17) is 4.74 Å². The van der Waals surface area contributed by atoms with E-state index in [1.807, 2.05) is 13.8 Å². The number of ether oxygens (including phenoxy) is 1. The van der Waals surface area contributed by atoms with Gasteiger partial charge in [0, 0.05) is 0 Å². The lowest BCUT2D eigenvalue weighted by molar-refractivity contribution is -0.392. The van der Waals surface area contributed by atoms with Crippen molar-refractivity contribution in [3.63, 3.8) is 0 Å². The van der Waals surface area contributed by atoms with Gasteiger partial charge in [0.1, 0.15) is 6.10 Å². The normalized spacial score (nSPS) is 36.3. The SMILES string of the molecule is CCC(OC(=O)C1(C)CC2CC1C(C)C2C)C(O)(C(F)(F)F)C(F)(F)F. The lowest BCUT2D eigenvalue weighted by Crippen LogP contribution is -2.65. The van der Waals surface area contributed by atoms with Crippen LogP contribution in [-0.4, -0.2) is 35.1 Å². The van der Waals surface area contributed by atoms with Crippen LogP contribution in [-0.2, 0) is 9.53 Å². The van der Waals surface area contributed by atoms with Crippen molar-refractivity contribution in [2.24, 2.45) is 29.1 Å². The quantitative estimate of drug-likeness (QED) is 0.569. The fraction of sp³-hybridized carbons (Fsp3) is 0.941. The summed E-state index contributed by atoms with van der Waals surface area (Å²) in [6.45, 7) is 6.50. The molecule has 1 N–H and O–H groups in total. The van der Waals surface area contributed by atoms with E-state index in [-0.39, 0.29) is 17.8 Å². The van der Waals surface area contributed by atoms with Crippen molar-refractivity contribution >= 4 is 5.97 Å². The van der Waals surface area contributed by atoms with E-state index in [1.54, 1.807) is 0 Å². The number of carbonyl (C=O) groups is 1. The molecule has 26 heavy (non-hydrogen) atoms. The van der Waals surface area contributed by atoms with Crippen molar-refractivity contribution in [1.29, 1.82) is 0 Å². The third kappa shape index (κ3) is 2.90. The Kier molecular flexibility index (Phi) is 5.14. The Hall–Kier alpha value is -0.990. The Morgan fingerprint density at radius 1 is 1.15 bits per heavy atom. The number of hydrogen-bond acceptors (Lipinski definition) is 3. The van der Waals surface area contributed by atoms with Gasteiger partial charge in [-0.25, -0.2) is 0 Å². The average Bonchev–Trinajstić information content (AvgIpc) is 2.98. The predicted octanol–water partition coefficient (Wildman–Crippen LogP) is 4.48. The second-order valence-electron chi connectivity index (χ2n) is 8.01. The Morgan fingerprint density at radius 2 is 1.65 bits per heavy atom. The highest BCUT2D eigenvalue weighted by atomic mass is 19.4. The van der Waals surface area contributed by atoms with Gasteiger partial charge in [-0.05, 0) is 49.9 Å². The fourth-order valence-corrected chi connectivity index (χ4v) is 4.85. The van der Waals surface area contributed by atoms with E-state index < -0.39 is 41.9 Å². The van der Waals surface area contributed by atoms with Gasteiger partial charge >= 0.3 is 18.3 Å². The third-order valence-corrected chi connectivity index (χ3v) is 6.69. The highest BCUT2D eigenvalue weighted by Gasteiger charge is 2.75. The highest BCUT2D eigenvalue weighted by molar-refractivity contribution is 5.78. The molecule has 0 aliphatic heterocycles. The maximum absolute atomic E-state index is 13.1. The Bertz CT molecular complexity index is 542. The Labute approximate surface area is 148 Å². The first-order chi connectivity index (χ1) is 11.6. The predicted molar refractivity (Wildman–Crippen MR) is 79.9 cm³/mol. The Balaban J connectivity index is 2.29. The number of alkyl halides is 6. The van der Waals surface area contributed by atoms with Gasteiger partial charge in [0.2, 0.25) is 0 Å². The molecule has 2 fully saturated rings. The molecule has 2 saturated carbocycles. The van der Waals surface area contributed by atoms with E-state index in [9.17, 15) is 36.2 Å². The van der Waals surface area contributed by atoms with E-state index in [1.165, 1.54) is 6.92 Å². The summed E-state index contributed by atoms with van der Waals surface area (Å²) in [6, 6.07) is 0. The van der Waals surface area contributed by atoms with Gasteiger partial charge in [-0.3, -0.25) is 4.79 Å². The van der Waals surface area contributed by atoms with Crippen LogP contribution in [0.3, 0.4) is 0 Å². The number of hydrogen-bond donors (Lipinski definition) is 1. The number of aliphatic hydroxyl groups is 1. The van der Waals surface area contributed by atoms with Crippen LogP contribution in [0.5, 0.6) is 0 Å². The molecule has 2 aliphatic rings. The minimum atomic E-state index is -6.02. The zero-order valence-electron chi connectivity index (χ0n) is 15.0. The summed E-state index contributed by atoms with van der Waals surface area (Å²) >= 11 is 0. The molecule has 2 aliphatic carbocycles. The van der Waals surface area contributed by atoms with Gasteiger partial charge in [0.25, 0.3) is 5.60 Å². The van der Waals surface area contributed by atoms with Crippen LogP contribution in [0.2, 0.25) is 0 Å². The zero-order chi connectivity index (χ0) is 20.3. The van der Waals surface area contributed by atoms with Crippen molar-refractivity contribution in [3.8, 4) is 0 Å². The molecule has 6 atom stereocenters. The zero-order valence-corrected chi connectivity index (χ0v) is 15.0. The summed E-state index contributed by atoms with van der Waals surface area (Å²) in [5, 5.41) is 9.52. The molecule has 2 bridgehead atoms. The van der Waals surface area contributed by atoms with E-state index >= 15 is 0 Å². The summed E-state index contributed by atoms with van der Waals surface area (Å²) in [4.78, 5) is 12.6. The molecule has 6 unspecified atom stereocenters. The van der Waals surface area contributed by atoms with E-state index in [0.717, 1.165) is 6.92 Å². The molecule has 3 nitrogen and oxygen atoms in total. The summed E-state index contributed by atoms with van der Waals surface area (Å²) in [5.41, 5.74) is -6.24. The summed E-state index contributed by atoms with van der Waals surface area (Å²) in [5.74, 6) is -0.600. The number of esters is 1. The molecule has 0 spiro atoms. The lowest BCUT2D eigenvalue weighted by Gasteiger charge is -2.42. The molecule has 0 aromatic carbocycles. The summed E-state index contributed by atoms with van der Waals surface area (Å²) in [6.07, 6.45) is -14.5. The number of rotatable bonds is 4. The van der Waals surface area contributed by atoms with Crippen LogP contribution >= 0.6 is 0 Å². The van der Waals surface area contributed by atoms with Gasteiger partial charge < -0.3 is 9.84 Å². The topological polar surface area (TPSA) is 46.5 Å². The molecule has 2 rings (SSSR count). The first-order valence-corrected chi connectivity index (χ1v) is 8.68. The molecular weight excluding hydrogens is 366 g/mol. The molecule has 0 aromatic rings. The maximum atomic E-state index is 13.1. The number of halogens is 6. The average molecular weight is 390 g/mol. The van der Waals surface area contributed by atoms with Crippen LogP contribution in [0.25, 0.3) is 0 Å². The smallest absolute Gasteiger partial charge is 0.430 e. The minimum Gasteiger partial charge on any atom is -0.458 e. The molecule has 0 aromatic heterocycles. The first kappa shape index (κ1) is 21.3. The van der Waals surface area contributed by atoms with Gasteiger partial charge in [-0.2, -0.15) is 26.3 Å². The fourth-order valence-electron chi connectivity index (χ4n) is 4.85. The van der Waals surface area contributed by atoms with Crippen molar-refractivity contribution < 1.29 is 41.0 Å². The van der Waals surface area contributed by atoms with Crippen molar-refractivity contribution in [2.75, 3.05) is 0 Å². The second-order valence-corrected chi connectivity index (χ2v) is 8.01. The summed E-state index contributed by atoms with van der Waals surface area (Å²) < 4.78 is 83.1. The van der Waals surface area contributed by atoms with E-state index in [0.29, 0.717) is 18.8 Å². The van der Waals surface area contributed by atoms with Crippen molar-refractivity contribution in [2.45, 2.75) is 71.0 Å². The molecule has 0 heterocycles. The maximum Gasteiger partial charge on any atom is 0.430 e. The number of carbonyl (C=O) groups excluding carboxylic acids is 1. The van der Waals surface area contributed by atoms with Crippen LogP contribution in [0.1, 0.15) is 47.0 Å². The highest BCUT2D eigenvalue weighted by Crippen LogP contribution is 2.61. The summed E-state index contributed by atoms with van der Waals surface area (Å²) in [7, 11) is 0. The lowest BCUT2D eigenvalue weighted by atomic mass is 9.67. The first-order valence-electron chi connectivity index (χ1n) is 8.68. The van der Waals surface area contributed by atoms with Gasteiger partial charge in [-0.1, -0.05) is 20.8 Å². The van der Waals surface area contributed by atoms with Gasteiger partial charge in [0.15, 0.2) is 0 Å². The molecule has 9 heteroatoms.